The van der Waals surface area contributed by atoms with E-state index in [0.717, 1.165) is 32.5 Å². The summed E-state index contributed by atoms with van der Waals surface area (Å²) in [6, 6.07) is 0. The second-order valence-electron chi connectivity index (χ2n) is 4.32. The molecule has 1 aliphatic rings. The number of anilines is 2. The molecule has 0 unspecified atom stereocenters. The fourth-order valence-electron chi connectivity index (χ4n) is 2.13. The number of nitrogens with one attached hydrogen (secondary N) is 1. The number of nitrogens with zero attached hydrogens (tertiary/aromatic N) is 3. The molecule has 0 aromatic carbocycles. The molecule has 100 valence electrons. The van der Waals surface area contributed by atoms with Crippen molar-refractivity contribution in [3.05, 3.63) is 12.0 Å². The van der Waals surface area contributed by atoms with Crippen LogP contribution < -0.4 is 10.2 Å². The second kappa shape index (κ2) is 6.22. The van der Waals surface area contributed by atoms with Gasteiger partial charge in [-0.2, -0.15) is 16.7 Å². The topological polar surface area (TPSA) is 41.1 Å². The van der Waals surface area contributed by atoms with E-state index in [1.54, 1.807) is 0 Å². The van der Waals surface area contributed by atoms with Crippen molar-refractivity contribution in [1.82, 2.24) is 9.97 Å². The molecule has 1 aliphatic heterocycles. The van der Waals surface area contributed by atoms with Crippen LogP contribution in [0.25, 0.3) is 0 Å². The average Bonchev–Trinajstić information content (AvgIpc) is 2.41. The molecule has 1 saturated heterocycles. The summed E-state index contributed by atoms with van der Waals surface area (Å²) < 4.78 is 13.8. The van der Waals surface area contributed by atoms with Crippen LogP contribution >= 0.6 is 11.8 Å². The number of rotatable bonds is 4. The Morgan fingerprint density at radius 3 is 2.83 bits per heavy atom. The van der Waals surface area contributed by atoms with Gasteiger partial charge < -0.3 is 10.2 Å². The summed E-state index contributed by atoms with van der Waals surface area (Å²) in [5, 5.41) is 3.71. The van der Waals surface area contributed by atoms with Crippen molar-refractivity contribution in [3.8, 4) is 0 Å². The molecule has 0 aliphatic carbocycles. The van der Waals surface area contributed by atoms with Crippen LogP contribution in [0, 0.1) is 5.82 Å². The number of aromatic nitrogens is 2. The van der Waals surface area contributed by atoms with E-state index in [1.807, 2.05) is 23.6 Å². The van der Waals surface area contributed by atoms with Gasteiger partial charge in [0.15, 0.2) is 11.6 Å². The summed E-state index contributed by atoms with van der Waals surface area (Å²) in [4.78, 5) is 10.2. The van der Waals surface area contributed by atoms with Crippen molar-refractivity contribution in [2.45, 2.75) is 25.0 Å². The highest BCUT2D eigenvalue weighted by atomic mass is 32.2. The first-order valence-electron chi connectivity index (χ1n) is 6.28. The zero-order chi connectivity index (χ0) is 13.0. The monoisotopic (exact) mass is 270 g/mol. The fourth-order valence-corrected chi connectivity index (χ4v) is 2.81. The van der Waals surface area contributed by atoms with Crippen molar-refractivity contribution in [1.29, 1.82) is 0 Å². The minimum absolute atomic E-state index is 0.334. The summed E-state index contributed by atoms with van der Waals surface area (Å²) in [7, 11) is 0. The first-order chi connectivity index (χ1) is 8.74. The molecule has 1 N–H and O–H groups in total. The number of piperidine rings is 1. The van der Waals surface area contributed by atoms with Crippen LogP contribution in [0.5, 0.6) is 0 Å². The molecule has 1 fully saturated rings. The fraction of sp³-hybridized carbons (Fsp3) is 0.667. The molecule has 0 spiro atoms. The van der Waals surface area contributed by atoms with E-state index >= 15 is 0 Å². The Morgan fingerprint density at radius 2 is 2.22 bits per heavy atom. The number of thioether (sulfide) groups is 1. The lowest BCUT2D eigenvalue weighted by Gasteiger charge is -2.32. The molecule has 0 bridgehead atoms. The van der Waals surface area contributed by atoms with Gasteiger partial charge in [0.05, 0.1) is 6.20 Å². The van der Waals surface area contributed by atoms with Crippen LogP contribution in [-0.2, 0) is 0 Å². The molecular weight excluding hydrogens is 251 g/mol. The number of halogens is 1. The van der Waals surface area contributed by atoms with Gasteiger partial charge in [0.2, 0.25) is 5.95 Å². The van der Waals surface area contributed by atoms with Crippen molar-refractivity contribution in [3.63, 3.8) is 0 Å². The van der Waals surface area contributed by atoms with Gasteiger partial charge in [0.25, 0.3) is 0 Å². The molecule has 0 amide bonds. The SMILES string of the molecule is CCNc1ncc(F)c(N2CCC(SC)CC2)n1. The van der Waals surface area contributed by atoms with Crippen molar-refractivity contribution in [2.75, 3.05) is 36.1 Å². The maximum Gasteiger partial charge on any atom is 0.224 e. The third-order valence-corrected chi connectivity index (χ3v) is 4.27. The van der Waals surface area contributed by atoms with E-state index in [-0.39, 0.29) is 5.82 Å². The van der Waals surface area contributed by atoms with Crippen molar-refractivity contribution < 1.29 is 4.39 Å². The van der Waals surface area contributed by atoms with Crippen LogP contribution in [0.3, 0.4) is 0 Å². The Morgan fingerprint density at radius 1 is 1.50 bits per heavy atom. The first kappa shape index (κ1) is 13.4. The third-order valence-electron chi connectivity index (χ3n) is 3.14. The third kappa shape index (κ3) is 3.04. The highest BCUT2D eigenvalue weighted by Crippen LogP contribution is 2.26. The Balaban J connectivity index is 2.10. The molecule has 6 heteroatoms. The van der Waals surface area contributed by atoms with Gasteiger partial charge in [-0.1, -0.05) is 0 Å². The van der Waals surface area contributed by atoms with Crippen LogP contribution in [0.2, 0.25) is 0 Å². The van der Waals surface area contributed by atoms with Crippen molar-refractivity contribution >= 4 is 23.5 Å². The standard InChI is InChI=1S/C12H19FN4S/c1-3-14-12-15-8-10(13)11(16-12)17-6-4-9(18-2)5-7-17/h8-9H,3-7H2,1-2H3,(H,14,15,16). The quantitative estimate of drug-likeness (QED) is 0.909. The van der Waals surface area contributed by atoms with Gasteiger partial charge in [0.1, 0.15) is 0 Å². The Bertz CT molecular complexity index is 394. The lowest BCUT2D eigenvalue weighted by atomic mass is 10.1. The molecule has 18 heavy (non-hydrogen) atoms. The maximum absolute atomic E-state index is 13.8. The average molecular weight is 270 g/mol. The molecule has 2 heterocycles. The molecule has 0 saturated carbocycles. The lowest BCUT2D eigenvalue weighted by molar-refractivity contribution is 0.555. The number of hydrogen-bond donors (Lipinski definition) is 1. The van der Waals surface area contributed by atoms with E-state index < -0.39 is 0 Å². The molecule has 0 atom stereocenters. The predicted molar refractivity (Wildman–Crippen MR) is 74.9 cm³/mol. The zero-order valence-corrected chi connectivity index (χ0v) is 11.6. The smallest absolute Gasteiger partial charge is 0.224 e. The molecular formula is C12H19FN4S. The van der Waals surface area contributed by atoms with Gasteiger partial charge in [-0.25, -0.2) is 9.37 Å². The molecule has 1 aromatic rings. The summed E-state index contributed by atoms with van der Waals surface area (Å²) >= 11 is 1.89. The lowest BCUT2D eigenvalue weighted by Crippen LogP contribution is -2.36. The molecule has 4 nitrogen and oxygen atoms in total. The molecule has 2 rings (SSSR count). The van der Waals surface area contributed by atoms with E-state index in [1.165, 1.54) is 6.20 Å². The maximum atomic E-state index is 13.8. The molecule has 1 aromatic heterocycles. The summed E-state index contributed by atoms with van der Waals surface area (Å²) in [5.41, 5.74) is 0. The predicted octanol–water partition coefficient (Wildman–Crippen LogP) is 2.38. The van der Waals surface area contributed by atoms with Gasteiger partial charge in [-0.05, 0) is 26.0 Å². The normalized spacial score (nSPS) is 16.9. The minimum atomic E-state index is -0.334. The van der Waals surface area contributed by atoms with E-state index in [2.05, 4.69) is 21.5 Å². The summed E-state index contributed by atoms with van der Waals surface area (Å²) in [5.74, 6) is 0.598. The van der Waals surface area contributed by atoms with Crippen LogP contribution in [0.4, 0.5) is 16.2 Å². The van der Waals surface area contributed by atoms with E-state index in [0.29, 0.717) is 17.0 Å². The Labute approximate surface area is 111 Å². The molecule has 0 radical (unpaired) electrons. The largest absolute Gasteiger partial charge is 0.354 e. The Kier molecular flexibility index (Phi) is 4.63. The van der Waals surface area contributed by atoms with Crippen molar-refractivity contribution in [2.24, 2.45) is 0 Å². The number of hydrogen-bond acceptors (Lipinski definition) is 5. The van der Waals surface area contributed by atoms with E-state index in [4.69, 9.17) is 0 Å². The second-order valence-corrected chi connectivity index (χ2v) is 5.46. The van der Waals surface area contributed by atoms with Crippen LogP contribution in [-0.4, -0.2) is 41.1 Å². The van der Waals surface area contributed by atoms with Crippen LogP contribution in [0.1, 0.15) is 19.8 Å². The van der Waals surface area contributed by atoms with Crippen LogP contribution in [0.15, 0.2) is 6.20 Å². The van der Waals surface area contributed by atoms with Gasteiger partial charge >= 0.3 is 0 Å². The highest BCUT2D eigenvalue weighted by molar-refractivity contribution is 7.99. The van der Waals surface area contributed by atoms with Gasteiger partial charge in [-0.15, -0.1) is 0 Å². The summed E-state index contributed by atoms with van der Waals surface area (Å²) in [6.45, 7) is 4.44. The van der Waals surface area contributed by atoms with Gasteiger partial charge in [0, 0.05) is 24.9 Å². The Hall–Kier alpha value is -1.04. The first-order valence-corrected chi connectivity index (χ1v) is 7.57. The zero-order valence-electron chi connectivity index (χ0n) is 10.8. The van der Waals surface area contributed by atoms with Gasteiger partial charge in [-0.3, -0.25) is 0 Å². The summed E-state index contributed by atoms with van der Waals surface area (Å²) in [6.07, 6.45) is 5.55. The minimum Gasteiger partial charge on any atom is -0.354 e. The van der Waals surface area contributed by atoms with E-state index in [9.17, 15) is 4.39 Å². The highest BCUT2D eigenvalue weighted by Gasteiger charge is 2.22.